The van der Waals surface area contributed by atoms with Crippen molar-refractivity contribution in [3.8, 4) is 0 Å². The molecule has 0 saturated carbocycles. The lowest BCUT2D eigenvalue weighted by atomic mass is 10.4. The highest BCUT2D eigenvalue weighted by atomic mass is 35.5. The molecule has 0 bridgehead atoms. The summed E-state index contributed by atoms with van der Waals surface area (Å²) < 4.78 is 26.4. The third-order valence-electron chi connectivity index (χ3n) is 2.07. The Balaban J connectivity index is 2.37. The molecule has 0 fully saturated rings. The lowest BCUT2D eigenvalue weighted by molar-refractivity contribution is 0.601. The highest BCUT2D eigenvalue weighted by molar-refractivity contribution is 7.92. The first-order valence-electron chi connectivity index (χ1n) is 4.84. The molecule has 18 heavy (non-hydrogen) atoms. The normalized spacial score (nSPS) is 11.2. The third kappa shape index (κ3) is 2.69. The number of aromatic nitrogens is 2. The van der Waals surface area contributed by atoms with Crippen LogP contribution in [0.3, 0.4) is 0 Å². The van der Waals surface area contributed by atoms with Crippen LogP contribution >= 0.6 is 11.6 Å². The van der Waals surface area contributed by atoms with Crippen LogP contribution in [-0.2, 0) is 10.0 Å². The number of sulfonamides is 1. The predicted octanol–water partition coefficient (Wildman–Crippen LogP) is 1.51. The maximum atomic E-state index is 12.0. The van der Waals surface area contributed by atoms with Crippen molar-refractivity contribution in [2.75, 3.05) is 10.5 Å². The summed E-state index contributed by atoms with van der Waals surface area (Å²) in [5, 5.41) is 0.189. The van der Waals surface area contributed by atoms with Crippen LogP contribution in [0.15, 0.2) is 41.6 Å². The number of halogens is 1. The van der Waals surface area contributed by atoms with E-state index in [2.05, 4.69) is 14.7 Å². The SMILES string of the molecule is Nc1ncccc1S(=O)(=O)Nc1ccnc(Cl)c1. The summed E-state index contributed by atoms with van der Waals surface area (Å²) in [5.41, 5.74) is 5.83. The van der Waals surface area contributed by atoms with E-state index in [1.165, 1.54) is 36.7 Å². The van der Waals surface area contributed by atoms with E-state index in [1.807, 2.05) is 0 Å². The van der Waals surface area contributed by atoms with Crippen LogP contribution < -0.4 is 10.5 Å². The van der Waals surface area contributed by atoms with Gasteiger partial charge in [-0.3, -0.25) is 4.72 Å². The van der Waals surface area contributed by atoms with E-state index in [0.29, 0.717) is 5.69 Å². The fourth-order valence-electron chi connectivity index (χ4n) is 1.31. The minimum Gasteiger partial charge on any atom is -0.383 e. The van der Waals surface area contributed by atoms with Crippen LogP contribution in [0, 0.1) is 0 Å². The molecule has 0 aliphatic heterocycles. The van der Waals surface area contributed by atoms with Crippen LogP contribution in [0.25, 0.3) is 0 Å². The number of hydrogen-bond acceptors (Lipinski definition) is 5. The van der Waals surface area contributed by atoms with Crippen molar-refractivity contribution in [3.63, 3.8) is 0 Å². The molecule has 0 aliphatic rings. The fourth-order valence-corrected chi connectivity index (χ4v) is 2.61. The molecule has 0 unspecified atom stereocenters. The standard InChI is InChI=1S/C10H9ClN4O2S/c11-9-6-7(3-5-13-9)15-18(16,17)8-2-1-4-14-10(8)12/h1-6H,(H2,12,14)(H,13,15). The molecule has 0 amide bonds. The average molecular weight is 285 g/mol. The fraction of sp³-hybridized carbons (Fsp3) is 0. The van der Waals surface area contributed by atoms with Crippen LogP contribution in [0.2, 0.25) is 5.15 Å². The van der Waals surface area contributed by atoms with Gasteiger partial charge < -0.3 is 5.73 Å². The maximum Gasteiger partial charge on any atom is 0.265 e. The minimum atomic E-state index is -3.78. The Morgan fingerprint density at radius 3 is 2.67 bits per heavy atom. The molecule has 3 N–H and O–H groups in total. The number of anilines is 2. The summed E-state index contributed by atoms with van der Waals surface area (Å²) in [4.78, 5) is 7.39. The molecule has 0 aliphatic carbocycles. The van der Waals surface area contributed by atoms with Gasteiger partial charge in [0.1, 0.15) is 15.9 Å². The molecule has 8 heteroatoms. The zero-order valence-corrected chi connectivity index (χ0v) is 10.6. The van der Waals surface area contributed by atoms with E-state index < -0.39 is 10.0 Å². The summed E-state index contributed by atoms with van der Waals surface area (Å²) in [5.74, 6) is -0.0647. The van der Waals surface area contributed by atoms with Gasteiger partial charge in [0.05, 0.1) is 5.69 Å². The Labute approximate surface area is 109 Å². The Morgan fingerprint density at radius 1 is 1.22 bits per heavy atom. The number of nitrogens with one attached hydrogen (secondary N) is 1. The lowest BCUT2D eigenvalue weighted by Crippen LogP contribution is -2.15. The second-order valence-electron chi connectivity index (χ2n) is 3.36. The summed E-state index contributed by atoms with van der Waals surface area (Å²) in [6.07, 6.45) is 2.81. The molecule has 2 heterocycles. The molecule has 6 nitrogen and oxygen atoms in total. The van der Waals surface area contributed by atoms with Crippen molar-refractivity contribution in [1.82, 2.24) is 9.97 Å². The molecule has 2 aromatic heterocycles. The van der Waals surface area contributed by atoms with Gasteiger partial charge >= 0.3 is 0 Å². The van der Waals surface area contributed by atoms with Gasteiger partial charge in [0.15, 0.2) is 0 Å². The van der Waals surface area contributed by atoms with E-state index in [4.69, 9.17) is 17.3 Å². The van der Waals surface area contributed by atoms with Crippen LogP contribution in [-0.4, -0.2) is 18.4 Å². The largest absolute Gasteiger partial charge is 0.383 e. The van der Waals surface area contributed by atoms with Gasteiger partial charge in [-0.1, -0.05) is 11.6 Å². The van der Waals surface area contributed by atoms with E-state index >= 15 is 0 Å². The van der Waals surface area contributed by atoms with Crippen molar-refractivity contribution in [2.45, 2.75) is 4.90 Å². The number of nitrogens with zero attached hydrogens (tertiary/aromatic N) is 2. The zero-order valence-electron chi connectivity index (χ0n) is 9.04. The first kappa shape index (κ1) is 12.6. The monoisotopic (exact) mass is 284 g/mol. The molecule has 2 aromatic rings. The van der Waals surface area contributed by atoms with Gasteiger partial charge in [0, 0.05) is 12.4 Å². The van der Waals surface area contributed by atoms with E-state index in [-0.39, 0.29) is 15.9 Å². The van der Waals surface area contributed by atoms with Gasteiger partial charge in [-0.2, -0.15) is 0 Å². The van der Waals surface area contributed by atoms with Crippen LogP contribution in [0.5, 0.6) is 0 Å². The van der Waals surface area contributed by atoms with Gasteiger partial charge in [-0.05, 0) is 24.3 Å². The smallest absolute Gasteiger partial charge is 0.265 e. The summed E-state index contributed by atoms with van der Waals surface area (Å²) in [6.45, 7) is 0. The van der Waals surface area contributed by atoms with E-state index in [9.17, 15) is 8.42 Å². The predicted molar refractivity (Wildman–Crippen MR) is 68.7 cm³/mol. The molecule has 0 aromatic carbocycles. The Morgan fingerprint density at radius 2 is 2.00 bits per heavy atom. The summed E-state index contributed by atoms with van der Waals surface area (Å²) in [6, 6.07) is 5.74. The molecule has 94 valence electrons. The van der Waals surface area contributed by atoms with Crippen LogP contribution in [0.4, 0.5) is 11.5 Å². The molecule has 0 saturated heterocycles. The first-order valence-corrected chi connectivity index (χ1v) is 6.70. The van der Waals surface area contributed by atoms with Gasteiger partial charge in [0.2, 0.25) is 0 Å². The second-order valence-corrected chi connectivity index (χ2v) is 5.40. The van der Waals surface area contributed by atoms with Crippen LogP contribution in [0.1, 0.15) is 0 Å². The third-order valence-corrected chi connectivity index (χ3v) is 3.70. The Hall–Kier alpha value is -1.86. The lowest BCUT2D eigenvalue weighted by Gasteiger charge is -2.09. The second kappa shape index (κ2) is 4.79. The summed E-state index contributed by atoms with van der Waals surface area (Å²) in [7, 11) is -3.78. The first-order chi connectivity index (χ1) is 8.49. The van der Waals surface area contributed by atoms with Gasteiger partial charge in [-0.15, -0.1) is 0 Å². The highest BCUT2D eigenvalue weighted by Gasteiger charge is 2.17. The number of rotatable bonds is 3. The van der Waals surface area contributed by atoms with Crippen molar-refractivity contribution < 1.29 is 8.42 Å². The quantitative estimate of drug-likeness (QED) is 0.833. The molecular weight excluding hydrogens is 276 g/mol. The Bertz CT molecular complexity index is 675. The van der Waals surface area contributed by atoms with Gasteiger partial charge in [0.25, 0.3) is 10.0 Å². The maximum absolute atomic E-state index is 12.0. The van der Waals surface area contributed by atoms with Crippen molar-refractivity contribution in [1.29, 1.82) is 0 Å². The molecular formula is C10H9ClN4O2S. The number of hydrogen-bond donors (Lipinski definition) is 2. The van der Waals surface area contributed by atoms with Crippen molar-refractivity contribution >= 4 is 33.1 Å². The minimum absolute atomic E-state index is 0.0647. The van der Waals surface area contributed by atoms with Crippen molar-refractivity contribution in [2.24, 2.45) is 0 Å². The summed E-state index contributed by atoms with van der Waals surface area (Å²) >= 11 is 5.67. The van der Waals surface area contributed by atoms with Gasteiger partial charge in [-0.25, -0.2) is 18.4 Å². The van der Waals surface area contributed by atoms with E-state index in [1.54, 1.807) is 0 Å². The number of nitrogens with two attached hydrogens (primary N) is 1. The van der Waals surface area contributed by atoms with E-state index in [0.717, 1.165) is 0 Å². The topological polar surface area (TPSA) is 98.0 Å². The number of nitrogen functional groups attached to an aromatic ring is 1. The highest BCUT2D eigenvalue weighted by Crippen LogP contribution is 2.20. The zero-order chi connectivity index (χ0) is 13.2. The molecule has 2 rings (SSSR count). The molecule has 0 spiro atoms. The molecule has 0 atom stereocenters. The molecule has 0 radical (unpaired) electrons. The Kier molecular flexibility index (Phi) is 3.35. The number of pyridine rings is 2. The average Bonchev–Trinajstić information content (AvgIpc) is 2.28. The van der Waals surface area contributed by atoms with Crippen molar-refractivity contribution in [3.05, 3.63) is 41.8 Å².